The molecule has 0 amide bonds. The van der Waals surface area contributed by atoms with Crippen LogP contribution in [0.15, 0.2) is 6.20 Å². The van der Waals surface area contributed by atoms with Crippen molar-refractivity contribution in [3.05, 3.63) is 17.7 Å². The molecule has 0 bridgehead atoms. The summed E-state index contributed by atoms with van der Waals surface area (Å²) in [5, 5.41) is 9.08. The standard InChI is InChI=1S/C12H19N3O2/c1-3-9(12(16)17)11-13-6-10(14-11)8-4-5-15(2)7-8/h6,8-9H,3-5,7H2,1-2H3,(H,13,14)(H,16,17). The van der Waals surface area contributed by atoms with Gasteiger partial charge in [0.1, 0.15) is 11.7 Å². The molecule has 1 aromatic rings. The Morgan fingerprint density at radius 3 is 3.06 bits per heavy atom. The topological polar surface area (TPSA) is 69.2 Å². The molecule has 94 valence electrons. The highest BCUT2D eigenvalue weighted by atomic mass is 16.4. The van der Waals surface area contributed by atoms with Crippen LogP contribution in [0, 0.1) is 0 Å². The molecular formula is C12H19N3O2. The van der Waals surface area contributed by atoms with Crippen molar-refractivity contribution in [1.29, 1.82) is 0 Å². The number of rotatable bonds is 4. The van der Waals surface area contributed by atoms with Crippen molar-refractivity contribution in [2.24, 2.45) is 0 Å². The summed E-state index contributed by atoms with van der Waals surface area (Å²) in [6.45, 7) is 3.98. The van der Waals surface area contributed by atoms with Gasteiger partial charge in [-0.05, 0) is 26.4 Å². The van der Waals surface area contributed by atoms with Crippen LogP contribution in [0.3, 0.4) is 0 Å². The molecule has 0 spiro atoms. The molecular weight excluding hydrogens is 218 g/mol. The van der Waals surface area contributed by atoms with Gasteiger partial charge in [0.25, 0.3) is 0 Å². The van der Waals surface area contributed by atoms with Gasteiger partial charge in [0.05, 0.1) is 0 Å². The molecule has 0 aliphatic carbocycles. The van der Waals surface area contributed by atoms with Crippen molar-refractivity contribution < 1.29 is 9.90 Å². The van der Waals surface area contributed by atoms with Crippen LogP contribution in [0.2, 0.25) is 0 Å². The number of aromatic nitrogens is 2. The summed E-state index contributed by atoms with van der Waals surface area (Å²) in [5.74, 6) is -0.267. The van der Waals surface area contributed by atoms with Crippen molar-refractivity contribution in [3.63, 3.8) is 0 Å². The Morgan fingerprint density at radius 2 is 2.53 bits per heavy atom. The van der Waals surface area contributed by atoms with Crippen LogP contribution >= 0.6 is 0 Å². The number of carboxylic acids is 1. The second kappa shape index (κ2) is 4.87. The molecule has 1 aliphatic rings. The zero-order valence-corrected chi connectivity index (χ0v) is 10.3. The number of hydrogen-bond donors (Lipinski definition) is 2. The smallest absolute Gasteiger partial charge is 0.314 e. The second-order valence-electron chi connectivity index (χ2n) is 4.77. The lowest BCUT2D eigenvalue weighted by molar-refractivity contribution is -0.139. The third-order valence-corrected chi connectivity index (χ3v) is 3.48. The van der Waals surface area contributed by atoms with Gasteiger partial charge in [-0.25, -0.2) is 4.98 Å². The molecule has 2 heterocycles. The summed E-state index contributed by atoms with van der Waals surface area (Å²) in [6.07, 6.45) is 3.47. The molecule has 1 saturated heterocycles. The van der Waals surface area contributed by atoms with E-state index in [2.05, 4.69) is 21.9 Å². The van der Waals surface area contributed by atoms with Crippen molar-refractivity contribution >= 4 is 5.97 Å². The van der Waals surface area contributed by atoms with Crippen LogP contribution in [-0.2, 0) is 4.79 Å². The minimum absolute atomic E-state index is 0.465. The first-order valence-electron chi connectivity index (χ1n) is 6.08. The van der Waals surface area contributed by atoms with E-state index in [4.69, 9.17) is 5.11 Å². The molecule has 1 aromatic heterocycles. The lowest BCUT2D eigenvalue weighted by atomic mass is 10.1. The highest BCUT2D eigenvalue weighted by Crippen LogP contribution is 2.26. The number of aromatic amines is 1. The van der Waals surface area contributed by atoms with E-state index >= 15 is 0 Å². The Labute approximate surface area is 101 Å². The van der Waals surface area contributed by atoms with Gasteiger partial charge in [-0.2, -0.15) is 0 Å². The largest absolute Gasteiger partial charge is 0.481 e. The van der Waals surface area contributed by atoms with Crippen LogP contribution in [0.4, 0.5) is 0 Å². The quantitative estimate of drug-likeness (QED) is 0.830. The van der Waals surface area contributed by atoms with Crippen LogP contribution in [0.25, 0.3) is 0 Å². The van der Waals surface area contributed by atoms with Crippen LogP contribution < -0.4 is 0 Å². The number of likely N-dealkylation sites (N-methyl/N-ethyl adjacent to an activating group) is 1. The van der Waals surface area contributed by atoms with Crippen LogP contribution in [0.5, 0.6) is 0 Å². The summed E-state index contributed by atoms with van der Waals surface area (Å²) in [6, 6.07) is 0. The Bertz CT molecular complexity index is 402. The number of nitrogens with zero attached hydrogens (tertiary/aromatic N) is 2. The van der Waals surface area contributed by atoms with E-state index in [1.54, 1.807) is 6.20 Å². The number of nitrogens with one attached hydrogen (secondary N) is 1. The number of imidazole rings is 1. The van der Waals surface area contributed by atoms with Gasteiger partial charge in [-0.15, -0.1) is 0 Å². The molecule has 1 fully saturated rings. The molecule has 17 heavy (non-hydrogen) atoms. The zero-order chi connectivity index (χ0) is 12.4. The summed E-state index contributed by atoms with van der Waals surface area (Å²) in [4.78, 5) is 20.7. The van der Waals surface area contributed by atoms with E-state index in [-0.39, 0.29) is 0 Å². The minimum Gasteiger partial charge on any atom is -0.481 e. The molecule has 5 heteroatoms. The van der Waals surface area contributed by atoms with Crippen molar-refractivity contribution in [2.75, 3.05) is 20.1 Å². The fourth-order valence-corrected chi connectivity index (χ4v) is 2.41. The van der Waals surface area contributed by atoms with Crippen molar-refractivity contribution in [2.45, 2.75) is 31.6 Å². The fourth-order valence-electron chi connectivity index (χ4n) is 2.41. The third kappa shape index (κ3) is 2.49. The van der Waals surface area contributed by atoms with E-state index in [0.717, 1.165) is 25.2 Å². The maximum absolute atomic E-state index is 11.0. The predicted molar refractivity (Wildman–Crippen MR) is 64.1 cm³/mol. The molecule has 2 rings (SSSR count). The number of carboxylic acid groups (broad SMARTS) is 1. The number of hydrogen-bond acceptors (Lipinski definition) is 3. The number of aliphatic carboxylic acids is 1. The van der Waals surface area contributed by atoms with Crippen LogP contribution in [-0.4, -0.2) is 46.1 Å². The lowest BCUT2D eigenvalue weighted by Gasteiger charge is -2.09. The fraction of sp³-hybridized carbons (Fsp3) is 0.667. The SMILES string of the molecule is CCC(C(=O)O)c1ncc(C2CCN(C)C2)[nH]1. The molecule has 0 saturated carbocycles. The third-order valence-electron chi connectivity index (χ3n) is 3.48. The van der Waals surface area contributed by atoms with Crippen molar-refractivity contribution in [1.82, 2.24) is 14.9 Å². The zero-order valence-electron chi connectivity index (χ0n) is 10.3. The van der Waals surface area contributed by atoms with E-state index in [9.17, 15) is 4.79 Å². The molecule has 1 aliphatic heterocycles. The first-order chi connectivity index (χ1) is 8.11. The molecule has 0 radical (unpaired) electrons. The van der Waals surface area contributed by atoms with Gasteiger partial charge in [0.2, 0.25) is 0 Å². The molecule has 5 nitrogen and oxygen atoms in total. The highest BCUT2D eigenvalue weighted by Gasteiger charge is 2.25. The van der Waals surface area contributed by atoms with Gasteiger partial charge in [0.15, 0.2) is 0 Å². The Balaban J connectivity index is 2.12. The van der Waals surface area contributed by atoms with Gasteiger partial charge in [0, 0.05) is 24.4 Å². The normalized spacial score (nSPS) is 22.8. The van der Waals surface area contributed by atoms with Crippen LogP contribution in [0.1, 0.15) is 43.1 Å². The first-order valence-corrected chi connectivity index (χ1v) is 6.08. The Hall–Kier alpha value is -1.36. The van der Waals surface area contributed by atoms with Gasteiger partial charge >= 0.3 is 5.97 Å². The molecule has 2 atom stereocenters. The highest BCUT2D eigenvalue weighted by molar-refractivity contribution is 5.74. The van der Waals surface area contributed by atoms with Gasteiger partial charge in [-0.1, -0.05) is 6.92 Å². The molecule has 2 N–H and O–H groups in total. The summed E-state index contributed by atoms with van der Waals surface area (Å²) in [7, 11) is 2.10. The summed E-state index contributed by atoms with van der Waals surface area (Å²) < 4.78 is 0. The predicted octanol–water partition coefficient (Wildman–Crippen LogP) is 1.41. The second-order valence-corrected chi connectivity index (χ2v) is 4.77. The lowest BCUT2D eigenvalue weighted by Crippen LogP contribution is -2.14. The van der Waals surface area contributed by atoms with E-state index < -0.39 is 11.9 Å². The van der Waals surface area contributed by atoms with Gasteiger partial charge in [-0.3, -0.25) is 4.79 Å². The van der Waals surface area contributed by atoms with E-state index in [1.165, 1.54) is 0 Å². The van der Waals surface area contributed by atoms with Gasteiger partial charge < -0.3 is 15.0 Å². The average Bonchev–Trinajstić information content (AvgIpc) is 2.87. The molecule has 0 aromatic carbocycles. The number of likely N-dealkylation sites (tertiary alicyclic amines) is 1. The number of carbonyl (C=O) groups is 1. The molecule has 2 unspecified atom stereocenters. The van der Waals surface area contributed by atoms with E-state index in [0.29, 0.717) is 18.2 Å². The maximum atomic E-state index is 11.0. The Morgan fingerprint density at radius 1 is 1.76 bits per heavy atom. The first kappa shape index (κ1) is 12.1. The number of H-pyrrole nitrogens is 1. The van der Waals surface area contributed by atoms with E-state index in [1.807, 2.05) is 6.92 Å². The maximum Gasteiger partial charge on any atom is 0.314 e. The Kier molecular flexibility index (Phi) is 3.47. The van der Waals surface area contributed by atoms with Crippen molar-refractivity contribution in [3.8, 4) is 0 Å². The monoisotopic (exact) mass is 237 g/mol. The summed E-state index contributed by atoms with van der Waals surface area (Å²) in [5.41, 5.74) is 1.07. The average molecular weight is 237 g/mol. The summed E-state index contributed by atoms with van der Waals surface area (Å²) >= 11 is 0. The minimum atomic E-state index is -0.808.